The standard InChI is InChI=1S/C18H16FN3O/c19-16-9-12(5-6-14(16)10-20)11-22-8-7-13-3-1-2-4-15(13)17(22)18(21)23/h1-6,9,17H,7-8,11H2,(H2,21,23). The minimum atomic E-state index is -0.543. The van der Waals surface area contributed by atoms with Crippen molar-refractivity contribution in [3.8, 4) is 6.07 Å². The molecule has 1 unspecified atom stereocenters. The molecule has 0 radical (unpaired) electrons. The van der Waals surface area contributed by atoms with E-state index < -0.39 is 17.8 Å². The molecule has 0 aliphatic carbocycles. The van der Waals surface area contributed by atoms with Crippen LogP contribution in [0.1, 0.15) is 28.3 Å². The van der Waals surface area contributed by atoms with Gasteiger partial charge in [-0.05, 0) is 35.2 Å². The Morgan fingerprint density at radius 1 is 1.35 bits per heavy atom. The maximum Gasteiger partial charge on any atom is 0.239 e. The van der Waals surface area contributed by atoms with Gasteiger partial charge in [-0.2, -0.15) is 5.26 Å². The van der Waals surface area contributed by atoms with Gasteiger partial charge in [0, 0.05) is 13.1 Å². The van der Waals surface area contributed by atoms with Crippen molar-refractivity contribution in [3.63, 3.8) is 0 Å². The zero-order chi connectivity index (χ0) is 16.4. The molecule has 116 valence electrons. The van der Waals surface area contributed by atoms with E-state index in [1.54, 1.807) is 12.1 Å². The molecule has 0 bridgehead atoms. The average Bonchev–Trinajstić information content (AvgIpc) is 2.54. The van der Waals surface area contributed by atoms with Gasteiger partial charge >= 0.3 is 0 Å². The van der Waals surface area contributed by atoms with Crippen LogP contribution >= 0.6 is 0 Å². The van der Waals surface area contributed by atoms with Gasteiger partial charge in [0.15, 0.2) is 0 Å². The lowest BCUT2D eigenvalue weighted by atomic mass is 9.91. The summed E-state index contributed by atoms with van der Waals surface area (Å²) in [5, 5.41) is 8.79. The van der Waals surface area contributed by atoms with Crippen molar-refractivity contribution < 1.29 is 9.18 Å². The van der Waals surface area contributed by atoms with Gasteiger partial charge in [-0.3, -0.25) is 9.69 Å². The number of rotatable bonds is 3. The van der Waals surface area contributed by atoms with Crippen molar-refractivity contribution in [1.82, 2.24) is 4.90 Å². The van der Waals surface area contributed by atoms with Crippen molar-refractivity contribution in [3.05, 3.63) is 70.5 Å². The van der Waals surface area contributed by atoms with E-state index >= 15 is 0 Å². The predicted octanol–water partition coefficient (Wildman–Crippen LogP) is 2.28. The number of benzene rings is 2. The molecule has 0 fully saturated rings. The molecule has 0 saturated heterocycles. The Kier molecular flexibility index (Phi) is 4.09. The molecule has 1 atom stereocenters. The summed E-state index contributed by atoms with van der Waals surface area (Å²) < 4.78 is 13.8. The quantitative estimate of drug-likeness (QED) is 0.945. The summed E-state index contributed by atoms with van der Waals surface area (Å²) in [6.07, 6.45) is 0.818. The smallest absolute Gasteiger partial charge is 0.239 e. The lowest BCUT2D eigenvalue weighted by Crippen LogP contribution is -2.42. The van der Waals surface area contributed by atoms with Crippen LogP contribution in [0, 0.1) is 17.1 Å². The molecule has 1 aliphatic heterocycles. The Morgan fingerprint density at radius 2 is 2.13 bits per heavy atom. The van der Waals surface area contributed by atoms with Gasteiger partial charge in [0.1, 0.15) is 17.9 Å². The van der Waals surface area contributed by atoms with Gasteiger partial charge in [0.05, 0.1) is 5.56 Å². The van der Waals surface area contributed by atoms with Gasteiger partial charge in [0.2, 0.25) is 5.91 Å². The lowest BCUT2D eigenvalue weighted by molar-refractivity contribution is -0.124. The number of nitriles is 1. The van der Waals surface area contributed by atoms with Crippen LogP contribution in [0.4, 0.5) is 4.39 Å². The van der Waals surface area contributed by atoms with Gasteiger partial charge in [-0.15, -0.1) is 0 Å². The van der Waals surface area contributed by atoms with Crippen LogP contribution in [0.3, 0.4) is 0 Å². The molecule has 2 N–H and O–H groups in total. The fourth-order valence-corrected chi connectivity index (χ4v) is 3.10. The van der Waals surface area contributed by atoms with Crippen molar-refractivity contribution in [1.29, 1.82) is 5.26 Å². The van der Waals surface area contributed by atoms with E-state index in [4.69, 9.17) is 11.0 Å². The largest absolute Gasteiger partial charge is 0.368 e. The highest BCUT2D eigenvalue weighted by Crippen LogP contribution is 2.30. The SMILES string of the molecule is N#Cc1ccc(CN2CCc3ccccc3C2C(N)=O)cc1F. The average molecular weight is 309 g/mol. The number of hydrogen-bond acceptors (Lipinski definition) is 3. The summed E-state index contributed by atoms with van der Waals surface area (Å²) in [6.45, 7) is 1.08. The number of nitrogens with zero attached hydrogens (tertiary/aromatic N) is 2. The number of carbonyl (C=O) groups is 1. The number of amides is 1. The van der Waals surface area contributed by atoms with Gasteiger partial charge in [-0.25, -0.2) is 4.39 Å². The summed E-state index contributed by atoms with van der Waals surface area (Å²) in [5.41, 5.74) is 8.38. The zero-order valence-electron chi connectivity index (χ0n) is 12.5. The van der Waals surface area contributed by atoms with Crippen LogP contribution in [0.2, 0.25) is 0 Å². The van der Waals surface area contributed by atoms with Crippen molar-refractivity contribution in [2.24, 2.45) is 5.73 Å². The Morgan fingerprint density at radius 3 is 2.83 bits per heavy atom. The molecule has 1 amide bonds. The molecule has 1 aliphatic rings. The number of hydrogen-bond donors (Lipinski definition) is 1. The van der Waals surface area contributed by atoms with Crippen LogP contribution in [0.15, 0.2) is 42.5 Å². The fraction of sp³-hybridized carbons (Fsp3) is 0.222. The van der Waals surface area contributed by atoms with Gasteiger partial charge in [-0.1, -0.05) is 30.3 Å². The number of nitrogens with two attached hydrogens (primary N) is 1. The molecule has 1 heterocycles. The molecular formula is C18H16FN3O. The molecule has 0 saturated carbocycles. The second-order valence-corrected chi connectivity index (χ2v) is 5.65. The first kappa shape index (κ1) is 15.2. The highest BCUT2D eigenvalue weighted by atomic mass is 19.1. The van der Waals surface area contributed by atoms with Crippen LogP contribution in [-0.4, -0.2) is 17.4 Å². The van der Waals surface area contributed by atoms with E-state index in [0.29, 0.717) is 18.7 Å². The number of carbonyl (C=O) groups excluding carboxylic acids is 1. The molecule has 0 spiro atoms. The third kappa shape index (κ3) is 2.94. The normalized spacial score (nSPS) is 17.3. The third-order valence-corrected chi connectivity index (χ3v) is 4.19. The summed E-state index contributed by atoms with van der Waals surface area (Å²) in [5.74, 6) is -0.954. The first-order valence-electron chi connectivity index (χ1n) is 7.40. The Labute approximate surface area is 133 Å². The van der Waals surface area contributed by atoms with Crippen molar-refractivity contribution >= 4 is 5.91 Å². The summed E-state index contributed by atoms with van der Waals surface area (Å²) in [7, 11) is 0. The van der Waals surface area contributed by atoms with Crippen LogP contribution in [0.5, 0.6) is 0 Å². The van der Waals surface area contributed by atoms with Gasteiger partial charge in [0.25, 0.3) is 0 Å². The first-order chi connectivity index (χ1) is 11.1. The van der Waals surface area contributed by atoms with E-state index in [2.05, 4.69) is 0 Å². The molecular weight excluding hydrogens is 293 g/mol. The van der Waals surface area contributed by atoms with Crippen LogP contribution in [-0.2, 0) is 17.8 Å². The van der Waals surface area contributed by atoms with Crippen LogP contribution < -0.4 is 5.73 Å². The maximum absolute atomic E-state index is 13.8. The highest BCUT2D eigenvalue weighted by molar-refractivity contribution is 5.82. The van der Waals surface area contributed by atoms with Crippen LogP contribution in [0.25, 0.3) is 0 Å². The summed E-state index contributed by atoms with van der Waals surface area (Å²) >= 11 is 0. The fourth-order valence-electron chi connectivity index (χ4n) is 3.10. The maximum atomic E-state index is 13.8. The lowest BCUT2D eigenvalue weighted by Gasteiger charge is -2.35. The van der Waals surface area contributed by atoms with E-state index in [1.165, 1.54) is 12.1 Å². The summed E-state index contributed by atoms with van der Waals surface area (Å²) in [6, 6.07) is 13.6. The monoisotopic (exact) mass is 309 g/mol. The number of fused-ring (bicyclic) bond motifs is 1. The van der Waals surface area contributed by atoms with E-state index in [1.807, 2.05) is 29.2 Å². The minimum Gasteiger partial charge on any atom is -0.368 e. The molecule has 5 heteroatoms. The third-order valence-electron chi connectivity index (χ3n) is 4.19. The molecule has 2 aromatic rings. The zero-order valence-corrected chi connectivity index (χ0v) is 12.5. The Balaban J connectivity index is 1.90. The van der Waals surface area contributed by atoms with E-state index in [9.17, 15) is 9.18 Å². The minimum absolute atomic E-state index is 0.0178. The van der Waals surface area contributed by atoms with Gasteiger partial charge < -0.3 is 5.73 Å². The molecule has 4 nitrogen and oxygen atoms in total. The Hall–Kier alpha value is -2.71. The molecule has 0 aromatic heterocycles. The second-order valence-electron chi connectivity index (χ2n) is 5.65. The molecule has 2 aromatic carbocycles. The highest BCUT2D eigenvalue weighted by Gasteiger charge is 2.31. The van der Waals surface area contributed by atoms with Crippen molar-refractivity contribution in [2.45, 2.75) is 19.0 Å². The molecule has 3 rings (SSSR count). The predicted molar refractivity (Wildman–Crippen MR) is 83.6 cm³/mol. The number of halogens is 1. The Bertz CT molecular complexity index is 797. The second kappa shape index (κ2) is 6.19. The summed E-state index contributed by atoms with van der Waals surface area (Å²) in [4.78, 5) is 13.9. The number of primary amides is 1. The van der Waals surface area contributed by atoms with E-state index in [0.717, 1.165) is 17.5 Å². The topological polar surface area (TPSA) is 70.1 Å². The first-order valence-corrected chi connectivity index (χ1v) is 7.40. The molecule has 23 heavy (non-hydrogen) atoms. The van der Waals surface area contributed by atoms with Crippen molar-refractivity contribution in [2.75, 3.05) is 6.54 Å². The van der Waals surface area contributed by atoms with E-state index in [-0.39, 0.29) is 5.56 Å².